The number of nitrogens with zero attached hydrogens (tertiary/aromatic N) is 3. The first-order valence-electron chi connectivity index (χ1n) is 8.90. The van der Waals surface area contributed by atoms with Gasteiger partial charge in [-0.15, -0.1) is 0 Å². The van der Waals surface area contributed by atoms with E-state index in [0.29, 0.717) is 5.56 Å². The Labute approximate surface area is 153 Å². The molecule has 0 saturated carbocycles. The zero-order valence-electron chi connectivity index (χ0n) is 15.5. The summed E-state index contributed by atoms with van der Waals surface area (Å²) in [6.07, 6.45) is 1.56. The molecule has 138 valence electrons. The number of aromatic nitrogens is 1. The van der Waals surface area contributed by atoms with Gasteiger partial charge < -0.3 is 15.1 Å². The van der Waals surface area contributed by atoms with Gasteiger partial charge in [0.05, 0.1) is 11.6 Å². The molecule has 1 aliphatic heterocycles. The van der Waals surface area contributed by atoms with Gasteiger partial charge in [-0.2, -0.15) is 0 Å². The van der Waals surface area contributed by atoms with Crippen molar-refractivity contribution in [3.63, 3.8) is 0 Å². The molecular formula is C20H25FN4O. The van der Waals surface area contributed by atoms with Crippen LogP contribution in [0.5, 0.6) is 0 Å². The Bertz CT molecular complexity index is 770. The summed E-state index contributed by atoms with van der Waals surface area (Å²) in [6, 6.07) is 8.05. The fraction of sp³-hybridized carbons (Fsp3) is 0.400. The third kappa shape index (κ3) is 4.19. The van der Waals surface area contributed by atoms with Gasteiger partial charge in [0.1, 0.15) is 5.82 Å². The molecule has 0 unspecified atom stereocenters. The van der Waals surface area contributed by atoms with Crippen molar-refractivity contribution in [2.75, 3.05) is 38.1 Å². The fourth-order valence-corrected chi connectivity index (χ4v) is 3.17. The van der Waals surface area contributed by atoms with E-state index in [-0.39, 0.29) is 17.8 Å². The van der Waals surface area contributed by atoms with Crippen LogP contribution in [0.4, 0.5) is 10.1 Å². The van der Waals surface area contributed by atoms with Gasteiger partial charge in [-0.3, -0.25) is 9.78 Å². The van der Waals surface area contributed by atoms with Gasteiger partial charge in [-0.25, -0.2) is 4.39 Å². The average molecular weight is 356 g/mol. The van der Waals surface area contributed by atoms with Crippen molar-refractivity contribution in [3.8, 4) is 0 Å². The van der Waals surface area contributed by atoms with Gasteiger partial charge in [0.2, 0.25) is 0 Å². The lowest BCUT2D eigenvalue weighted by molar-refractivity contribution is 0.0939. The predicted molar refractivity (Wildman–Crippen MR) is 101 cm³/mol. The number of rotatable bonds is 4. The van der Waals surface area contributed by atoms with Crippen molar-refractivity contribution < 1.29 is 9.18 Å². The van der Waals surface area contributed by atoms with E-state index >= 15 is 0 Å². The molecule has 1 aromatic carbocycles. The monoisotopic (exact) mass is 356 g/mol. The van der Waals surface area contributed by atoms with Crippen LogP contribution in [0.2, 0.25) is 0 Å². The summed E-state index contributed by atoms with van der Waals surface area (Å²) in [6.45, 7) is 7.46. The van der Waals surface area contributed by atoms with E-state index in [1.807, 2.05) is 19.9 Å². The molecule has 6 heteroatoms. The largest absolute Gasteiger partial charge is 0.369 e. The van der Waals surface area contributed by atoms with Crippen LogP contribution in [-0.2, 0) is 0 Å². The highest BCUT2D eigenvalue weighted by Crippen LogP contribution is 2.28. The number of carbonyl (C=O) groups excluding carboxylic acids is 1. The number of aryl methyl sites for hydroxylation is 1. The zero-order valence-corrected chi connectivity index (χ0v) is 15.5. The van der Waals surface area contributed by atoms with Crippen LogP contribution >= 0.6 is 0 Å². The van der Waals surface area contributed by atoms with Crippen LogP contribution in [0.15, 0.2) is 36.5 Å². The van der Waals surface area contributed by atoms with E-state index in [1.165, 1.54) is 12.1 Å². The van der Waals surface area contributed by atoms with Crippen molar-refractivity contribution in [2.45, 2.75) is 19.9 Å². The SMILES string of the molecule is Cc1ccc(C(=O)N[C@@H](C)c2cc(F)ccc2N2CCN(C)CC2)cn1. The van der Waals surface area contributed by atoms with Gasteiger partial charge in [-0.05, 0) is 51.2 Å². The molecule has 1 aromatic heterocycles. The van der Waals surface area contributed by atoms with Crippen LogP contribution in [0, 0.1) is 12.7 Å². The van der Waals surface area contributed by atoms with Crippen molar-refractivity contribution in [1.29, 1.82) is 0 Å². The third-order valence-corrected chi connectivity index (χ3v) is 4.82. The van der Waals surface area contributed by atoms with Crippen LogP contribution in [-0.4, -0.2) is 49.0 Å². The second-order valence-electron chi connectivity index (χ2n) is 6.88. The number of hydrogen-bond donors (Lipinski definition) is 1. The van der Waals surface area contributed by atoms with Crippen molar-refractivity contribution in [3.05, 3.63) is 59.2 Å². The third-order valence-electron chi connectivity index (χ3n) is 4.82. The molecule has 1 atom stereocenters. The number of halogens is 1. The molecule has 0 aliphatic carbocycles. The van der Waals surface area contributed by atoms with Crippen molar-refractivity contribution >= 4 is 11.6 Å². The Hall–Kier alpha value is -2.47. The van der Waals surface area contributed by atoms with E-state index < -0.39 is 0 Å². The van der Waals surface area contributed by atoms with E-state index in [9.17, 15) is 9.18 Å². The van der Waals surface area contributed by atoms with Crippen molar-refractivity contribution in [1.82, 2.24) is 15.2 Å². The molecular weight excluding hydrogens is 331 g/mol. The van der Waals surface area contributed by atoms with E-state index in [1.54, 1.807) is 18.3 Å². The minimum atomic E-state index is -0.311. The first kappa shape index (κ1) is 18.3. The number of piperazine rings is 1. The number of likely N-dealkylation sites (N-methyl/N-ethyl adjacent to an activating group) is 1. The lowest BCUT2D eigenvalue weighted by Gasteiger charge is -2.36. The Kier molecular flexibility index (Phi) is 5.52. The van der Waals surface area contributed by atoms with E-state index in [0.717, 1.165) is 43.1 Å². The number of hydrogen-bond acceptors (Lipinski definition) is 4. The van der Waals surface area contributed by atoms with Gasteiger partial charge in [-0.1, -0.05) is 0 Å². The van der Waals surface area contributed by atoms with Gasteiger partial charge >= 0.3 is 0 Å². The first-order valence-corrected chi connectivity index (χ1v) is 8.90. The minimum absolute atomic E-state index is 0.210. The molecule has 1 fully saturated rings. The topological polar surface area (TPSA) is 48.5 Å². The van der Waals surface area contributed by atoms with Crippen LogP contribution in [0.1, 0.15) is 34.6 Å². The quantitative estimate of drug-likeness (QED) is 0.915. The van der Waals surface area contributed by atoms with Crippen molar-refractivity contribution in [2.24, 2.45) is 0 Å². The Balaban J connectivity index is 1.79. The molecule has 1 aliphatic rings. The van der Waals surface area contributed by atoms with Gasteiger partial charge in [0.15, 0.2) is 0 Å². The first-order chi connectivity index (χ1) is 12.4. The number of nitrogens with one attached hydrogen (secondary N) is 1. The highest BCUT2D eigenvalue weighted by Gasteiger charge is 2.21. The standard InChI is InChI=1S/C20H25FN4O/c1-14-4-5-16(13-22-14)20(26)23-15(2)18-12-17(21)6-7-19(18)25-10-8-24(3)9-11-25/h4-7,12-13,15H,8-11H2,1-3H3,(H,23,26)/t15-/m0/s1. The molecule has 0 spiro atoms. The molecule has 26 heavy (non-hydrogen) atoms. The number of benzene rings is 1. The molecule has 3 rings (SSSR count). The summed E-state index contributed by atoms with van der Waals surface area (Å²) in [7, 11) is 2.10. The lowest BCUT2D eigenvalue weighted by atomic mass is 10.0. The second-order valence-corrected chi connectivity index (χ2v) is 6.88. The minimum Gasteiger partial charge on any atom is -0.369 e. The summed E-state index contributed by atoms with van der Waals surface area (Å²) >= 11 is 0. The summed E-state index contributed by atoms with van der Waals surface area (Å²) < 4.78 is 13.9. The van der Waals surface area contributed by atoms with E-state index in [2.05, 4.69) is 27.1 Å². The number of pyridine rings is 1. The predicted octanol–water partition coefficient (Wildman–Crippen LogP) is 2.77. The average Bonchev–Trinajstić information content (AvgIpc) is 2.63. The summed E-state index contributed by atoms with van der Waals surface area (Å²) in [5.74, 6) is -0.505. The number of amides is 1. The van der Waals surface area contributed by atoms with Crippen LogP contribution in [0.3, 0.4) is 0 Å². The molecule has 0 radical (unpaired) electrons. The van der Waals surface area contributed by atoms with Gasteiger partial charge in [0.25, 0.3) is 5.91 Å². The Morgan fingerprint density at radius 1 is 1.19 bits per heavy atom. The zero-order chi connectivity index (χ0) is 18.7. The molecule has 2 aromatic rings. The second kappa shape index (κ2) is 7.83. The summed E-state index contributed by atoms with van der Waals surface area (Å²) in [5, 5.41) is 2.96. The molecule has 1 amide bonds. The van der Waals surface area contributed by atoms with E-state index in [4.69, 9.17) is 0 Å². The number of anilines is 1. The fourth-order valence-electron chi connectivity index (χ4n) is 3.17. The number of carbonyl (C=O) groups is 1. The Morgan fingerprint density at radius 3 is 2.58 bits per heavy atom. The van der Waals surface area contributed by atoms with Crippen LogP contribution in [0.25, 0.3) is 0 Å². The lowest BCUT2D eigenvalue weighted by Crippen LogP contribution is -2.45. The van der Waals surface area contributed by atoms with Gasteiger partial charge in [0, 0.05) is 49.3 Å². The Morgan fingerprint density at radius 2 is 1.92 bits per heavy atom. The summed E-state index contributed by atoms with van der Waals surface area (Å²) in [5.41, 5.74) is 3.13. The maximum absolute atomic E-state index is 13.9. The van der Waals surface area contributed by atoms with Crippen LogP contribution < -0.4 is 10.2 Å². The molecule has 5 nitrogen and oxygen atoms in total. The highest BCUT2D eigenvalue weighted by atomic mass is 19.1. The molecule has 0 bridgehead atoms. The smallest absolute Gasteiger partial charge is 0.253 e. The normalized spacial score (nSPS) is 16.4. The maximum atomic E-state index is 13.9. The summed E-state index contributed by atoms with van der Waals surface area (Å²) in [4.78, 5) is 21.2. The molecule has 2 heterocycles. The molecule has 1 saturated heterocycles. The highest BCUT2D eigenvalue weighted by molar-refractivity contribution is 5.94. The molecule has 1 N–H and O–H groups in total. The maximum Gasteiger partial charge on any atom is 0.253 e.